The molecule has 90 valence electrons. The zero-order valence-corrected chi connectivity index (χ0v) is 9.82. The van der Waals surface area contributed by atoms with Gasteiger partial charge in [0, 0.05) is 24.8 Å². The first-order valence-corrected chi connectivity index (χ1v) is 5.34. The average molecular weight is 232 g/mol. The fraction of sp³-hybridized carbons (Fsp3) is 0.308. The third-order valence-electron chi connectivity index (χ3n) is 2.07. The molecule has 0 aliphatic carbocycles. The van der Waals surface area contributed by atoms with Crippen molar-refractivity contribution in [2.75, 3.05) is 26.8 Å². The van der Waals surface area contributed by atoms with Crippen molar-refractivity contribution in [3.63, 3.8) is 0 Å². The van der Waals surface area contributed by atoms with Crippen molar-refractivity contribution in [2.45, 2.75) is 0 Å². The molecule has 0 aliphatic heterocycles. The number of hydrogen-bond acceptors (Lipinski definition) is 3. The van der Waals surface area contributed by atoms with Crippen LogP contribution in [0.3, 0.4) is 0 Å². The molecule has 0 aromatic heterocycles. The Morgan fingerprint density at radius 1 is 1.41 bits per heavy atom. The zero-order chi connectivity index (χ0) is 12.5. The zero-order valence-electron chi connectivity index (χ0n) is 9.82. The van der Waals surface area contributed by atoms with Crippen LogP contribution in [0.5, 0.6) is 0 Å². The second-order valence-electron chi connectivity index (χ2n) is 3.33. The molecule has 0 heterocycles. The van der Waals surface area contributed by atoms with Crippen molar-refractivity contribution in [3.05, 3.63) is 35.4 Å². The number of methoxy groups -OCH3 is 1. The van der Waals surface area contributed by atoms with Crippen molar-refractivity contribution < 1.29 is 9.53 Å². The van der Waals surface area contributed by atoms with Crippen molar-refractivity contribution in [1.82, 2.24) is 5.32 Å². The first-order valence-electron chi connectivity index (χ1n) is 5.34. The van der Waals surface area contributed by atoms with E-state index >= 15 is 0 Å². The Bertz CT molecular complexity index is 415. The predicted octanol–water partition coefficient (Wildman–Crippen LogP) is 0.373. The summed E-state index contributed by atoms with van der Waals surface area (Å²) in [4.78, 5) is 11.6. The van der Waals surface area contributed by atoms with Gasteiger partial charge in [-0.25, -0.2) is 0 Å². The summed E-state index contributed by atoms with van der Waals surface area (Å²) in [5.41, 5.74) is 6.73. The van der Waals surface area contributed by atoms with Crippen LogP contribution in [0.4, 0.5) is 0 Å². The summed E-state index contributed by atoms with van der Waals surface area (Å²) in [6.45, 7) is 1.34. The van der Waals surface area contributed by atoms with E-state index < -0.39 is 0 Å². The first kappa shape index (κ1) is 13.2. The molecule has 0 fully saturated rings. The topological polar surface area (TPSA) is 64.3 Å². The Morgan fingerprint density at radius 2 is 2.12 bits per heavy atom. The van der Waals surface area contributed by atoms with Gasteiger partial charge in [0.25, 0.3) is 5.91 Å². The molecule has 0 spiro atoms. The highest BCUT2D eigenvalue weighted by Gasteiger charge is 2.03. The van der Waals surface area contributed by atoms with E-state index in [2.05, 4.69) is 17.2 Å². The number of carbonyl (C=O) groups excluding carboxylic acids is 1. The smallest absolute Gasteiger partial charge is 0.251 e. The van der Waals surface area contributed by atoms with Crippen LogP contribution >= 0.6 is 0 Å². The summed E-state index contributed by atoms with van der Waals surface area (Å²) in [5, 5.41) is 2.74. The maximum atomic E-state index is 11.6. The second-order valence-corrected chi connectivity index (χ2v) is 3.33. The summed E-state index contributed by atoms with van der Waals surface area (Å²) < 4.78 is 4.85. The molecule has 0 aliphatic rings. The van der Waals surface area contributed by atoms with Crippen LogP contribution < -0.4 is 11.1 Å². The van der Waals surface area contributed by atoms with E-state index in [0.29, 0.717) is 25.3 Å². The summed E-state index contributed by atoms with van der Waals surface area (Å²) in [7, 11) is 1.59. The summed E-state index contributed by atoms with van der Waals surface area (Å²) >= 11 is 0. The van der Waals surface area contributed by atoms with Gasteiger partial charge in [-0.2, -0.15) is 0 Å². The Morgan fingerprint density at radius 3 is 2.71 bits per heavy atom. The number of ether oxygens (including phenoxy) is 1. The molecule has 0 bridgehead atoms. The van der Waals surface area contributed by atoms with Gasteiger partial charge in [-0.3, -0.25) is 4.79 Å². The minimum absolute atomic E-state index is 0.111. The van der Waals surface area contributed by atoms with Gasteiger partial charge in [-0.1, -0.05) is 11.8 Å². The van der Waals surface area contributed by atoms with Gasteiger partial charge in [0.1, 0.15) is 0 Å². The number of hydrogen-bond donors (Lipinski definition) is 2. The molecule has 0 atom stereocenters. The van der Waals surface area contributed by atoms with Crippen LogP contribution in [-0.4, -0.2) is 32.7 Å². The Hall–Kier alpha value is -1.83. The highest BCUT2D eigenvalue weighted by Crippen LogP contribution is 2.02. The molecule has 3 N–H and O–H groups in total. The van der Waals surface area contributed by atoms with Crippen molar-refractivity contribution in [2.24, 2.45) is 5.73 Å². The second kappa shape index (κ2) is 7.44. The summed E-state index contributed by atoms with van der Waals surface area (Å²) in [6, 6.07) is 7.08. The van der Waals surface area contributed by atoms with E-state index in [1.807, 2.05) is 0 Å². The lowest BCUT2D eigenvalue weighted by Crippen LogP contribution is -2.26. The minimum Gasteiger partial charge on any atom is -0.383 e. The third-order valence-corrected chi connectivity index (χ3v) is 2.07. The van der Waals surface area contributed by atoms with E-state index in [9.17, 15) is 4.79 Å². The molecule has 0 saturated heterocycles. The molecule has 1 aromatic rings. The van der Waals surface area contributed by atoms with Gasteiger partial charge in [-0.05, 0) is 24.3 Å². The number of nitrogens with two attached hydrogens (primary N) is 1. The molecule has 1 amide bonds. The largest absolute Gasteiger partial charge is 0.383 e. The lowest BCUT2D eigenvalue weighted by atomic mass is 10.1. The van der Waals surface area contributed by atoms with Gasteiger partial charge in [0.15, 0.2) is 0 Å². The number of rotatable bonds is 4. The molecule has 17 heavy (non-hydrogen) atoms. The van der Waals surface area contributed by atoms with Gasteiger partial charge in [-0.15, -0.1) is 0 Å². The quantitative estimate of drug-likeness (QED) is 0.582. The van der Waals surface area contributed by atoms with E-state index in [-0.39, 0.29) is 5.91 Å². The van der Waals surface area contributed by atoms with Gasteiger partial charge < -0.3 is 15.8 Å². The van der Waals surface area contributed by atoms with Crippen molar-refractivity contribution >= 4 is 5.91 Å². The van der Waals surface area contributed by atoms with Crippen LogP contribution in [0.1, 0.15) is 15.9 Å². The molecular weight excluding hydrogens is 216 g/mol. The summed E-state index contributed by atoms with van der Waals surface area (Å²) in [5.74, 6) is 5.54. The monoisotopic (exact) mass is 232 g/mol. The van der Waals surface area contributed by atoms with Crippen LogP contribution in [0.25, 0.3) is 0 Å². The van der Waals surface area contributed by atoms with Crippen LogP contribution in [0, 0.1) is 11.8 Å². The van der Waals surface area contributed by atoms with Crippen molar-refractivity contribution in [3.8, 4) is 11.8 Å². The highest BCUT2D eigenvalue weighted by atomic mass is 16.5. The molecule has 0 saturated carbocycles. The predicted molar refractivity (Wildman–Crippen MR) is 66.6 cm³/mol. The molecule has 1 rings (SSSR count). The molecule has 0 radical (unpaired) electrons. The number of carbonyl (C=O) groups is 1. The lowest BCUT2D eigenvalue weighted by molar-refractivity contribution is 0.0937. The molecule has 4 heteroatoms. The number of nitrogens with one attached hydrogen (secondary N) is 1. The van der Waals surface area contributed by atoms with E-state index in [0.717, 1.165) is 5.56 Å². The fourth-order valence-electron chi connectivity index (χ4n) is 1.23. The molecule has 0 unspecified atom stereocenters. The molecule has 4 nitrogen and oxygen atoms in total. The molecular formula is C13H16N2O2. The average Bonchev–Trinajstić information content (AvgIpc) is 2.37. The highest BCUT2D eigenvalue weighted by molar-refractivity contribution is 5.94. The summed E-state index contributed by atoms with van der Waals surface area (Å²) in [6.07, 6.45) is 0. The fourth-order valence-corrected chi connectivity index (χ4v) is 1.23. The van der Waals surface area contributed by atoms with Crippen LogP contribution in [-0.2, 0) is 4.74 Å². The van der Waals surface area contributed by atoms with Gasteiger partial charge in [0.2, 0.25) is 0 Å². The van der Waals surface area contributed by atoms with Gasteiger partial charge >= 0.3 is 0 Å². The Labute approximate surface area is 101 Å². The van der Waals surface area contributed by atoms with Crippen molar-refractivity contribution in [1.29, 1.82) is 0 Å². The Kier molecular flexibility index (Phi) is 5.80. The van der Waals surface area contributed by atoms with E-state index in [1.54, 1.807) is 31.4 Å². The van der Waals surface area contributed by atoms with Gasteiger partial charge in [0.05, 0.1) is 13.2 Å². The molecule has 1 aromatic carbocycles. The van der Waals surface area contributed by atoms with E-state index in [1.165, 1.54) is 0 Å². The number of amides is 1. The van der Waals surface area contributed by atoms with Crippen LogP contribution in [0.2, 0.25) is 0 Å². The minimum atomic E-state index is -0.111. The van der Waals surface area contributed by atoms with E-state index in [4.69, 9.17) is 10.5 Å². The maximum absolute atomic E-state index is 11.6. The number of benzene rings is 1. The SMILES string of the molecule is COCCNC(=O)c1ccc(C#CCN)cc1. The standard InChI is InChI=1S/C13H16N2O2/c1-17-10-9-15-13(16)12-6-4-11(5-7-12)3-2-8-14/h4-7H,8-10,14H2,1H3,(H,15,16). The maximum Gasteiger partial charge on any atom is 0.251 e. The first-order chi connectivity index (χ1) is 8.27. The third kappa shape index (κ3) is 4.68. The van der Waals surface area contributed by atoms with Crippen LogP contribution in [0.15, 0.2) is 24.3 Å². The lowest BCUT2D eigenvalue weighted by Gasteiger charge is -2.04. The Balaban J connectivity index is 2.57. The normalized spacial score (nSPS) is 9.29.